The first kappa shape index (κ1) is 19.8. The van der Waals surface area contributed by atoms with Crippen LogP contribution in [0, 0.1) is 6.92 Å². The number of thiocarbonyl (C=S) groups is 1. The number of piperazine rings is 1. The average Bonchev–Trinajstić information content (AvgIpc) is 2.68. The zero-order valence-corrected chi connectivity index (χ0v) is 16.9. The van der Waals surface area contributed by atoms with Crippen molar-refractivity contribution in [1.82, 2.24) is 10.2 Å². The fourth-order valence-electron chi connectivity index (χ4n) is 3.23. The predicted molar refractivity (Wildman–Crippen MR) is 116 cm³/mol. The second kappa shape index (κ2) is 8.84. The molecule has 0 bridgehead atoms. The van der Waals surface area contributed by atoms with Crippen LogP contribution in [0.3, 0.4) is 0 Å². The first-order valence-corrected chi connectivity index (χ1v) is 9.63. The van der Waals surface area contributed by atoms with Crippen molar-refractivity contribution in [3.05, 3.63) is 59.7 Å². The van der Waals surface area contributed by atoms with Crippen LogP contribution in [-0.2, 0) is 4.79 Å². The van der Waals surface area contributed by atoms with Crippen molar-refractivity contribution in [1.29, 1.82) is 0 Å². The quantitative estimate of drug-likeness (QED) is 0.781. The number of aryl methyl sites for hydroxylation is 1. The van der Waals surface area contributed by atoms with Gasteiger partial charge >= 0.3 is 0 Å². The second-order valence-electron chi connectivity index (χ2n) is 6.78. The average molecular weight is 397 g/mol. The van der Waals surface area contributed by atoms with E-state index in [9.17, 15) is 9.59 Å². The van der Waals surface area contributed by atoms with Crippen LogP contribution in [0.15, 0.2) is 48.5 Å². The van der Waals surface area contributed by atoms with E-state index >= 15 is 0 Å². The van der Waals surface area contributed by atoms with Gasteiger partial charge in [-0.1, -0.05) is 18.2 Å². The van der Waals surface area contributed by atoms with Crippen molar-refractivity contribution >= 4 is 40.5 Å². The van der Waals surface area contributed by atoms with Gasteiger partial charge in [0.05, 0.1) is 0 Å². The van der Waals surface area contributed by atoms with E-state index in [0.717, 1.165) is 35.6 Å². The molecule has 0 aliphatic carbocycles. The highest BCUT2D eigenvalue weighted by molar-refractivity contribution is 7.80. The Morgan fingerprint density at radius 1 is 0.964 bits per heavy atom. The summed E-state index contributed by atoms with van der Waals surface area (Å²) < 4.78 is 0. The summed E-state index contributed by atoms with van der Waals surface area (Å²) in [6, 6.07) is 15.6. The van der Waals surface area contributed by atoms with Gasteiger partial charge in [-0.05, 0) is 55.0 Å². The van der Waals surface area contributed by atoms with Gasteiger partial charge in [-0.15, -0.1) is 0 Å². The lowest BCUT2D eigenvalue weighted by molar-refractivity contribution is -0.117. The van der Waals surface area contributed by atoms with Gasteiger partial charge in [0, 0.05) is 50.0 Å². The van der Waals surface area contributed by atoms with Crippen LogP contribution in [-0.4, -0.2) is 48.0 Å². The van der Waals surface area contributed by atoms with E-state index in [2.05, 4.69) is 15.5 Å². The van der Waals surface area contributed by atoms with Gasteiger partial charge in [-0.25, -0.2) is 0 Å². The van der Waals surface area contributed by atoms with Crippen molar-refractivity contribution in [3.8, 4) is 0 Å². The number of benzene rings is 2. The molecule has 1 saturated heterocycles. The molecule has 1 aliphatic rings. The van der Waals surface area contributed by atoms with Crippen LogP contribution >= 0.6 is 12.2 Å². The molecular weight excluding hydrogens is 372 g/mol. The number of hydrogen-bond donors (Lipinski definition) is 2. The molecule has 0 spiro atoms. The molecule has 2 aromatic carbocycles. The summed E-state index contributed by atoms with van der Waals surface area (Å²) in [7, 11) is 0. The number of hydrogen-bond acceptors (Lipinski definition) is 4. The maximum Gasteiger partial charge on any atom is 0.254 e. The lowest BCUT2D eigenvalue weighted by Crippen LogP contribution is -2.48. The van der Waals surface area contributed by atoms with Crippen molar-refractivity contribution in [2.24, 2.45) is 0 Å². The molecule has 0 atom stereocenters. The maximum atomic E-state index is 12.7. The maximum absolute atomic E-state index is 12.7. The molecule has 0 radical (unpaired) electrons. The summed E-state index contributed by atoms with van der Waals surface area (Å²) in [5, 5.41) is 5.79. The summed E-state index contributed by atoms with van der Waals surface area (Å²) >= 11 is 5.07. The molecule has 2 amide bonds. The van der Waals surface area contributed by atoms with E-state index in [1.54, 1.807) is 0 Å². The monoisotopic (exact) mass is 396 g/mol. The van der Waals surface area contributed by atoms with Crippen molar-refractivity contribution in [3.63, 3.8) is 0 Å². The van der Waals surface area contributed by atoms with Crippen LogP contribution in [0.1, 0.15) is 22.8 Å². The van der Waals surface area contributed by atoms with Crippen LogP contribution in [0.5, 0.6) is 0 Å². The minimum atomic E-state index is -0.202. The molecule has 6 nitrogen and oxygen atoms in total. The SMILES string of the molecule is CC(=O)NC(=S)Nc1ccc(N2CCN(C(=O)c3ccccc3C)CC2)cc1. The number of nitrogens with one attached hydrogen (secondary N) is 2. The Labute approximate surface area is 170 Å². The summed E-state index contributed by atoms with van der Waals surface area (Å²) in [6.07, 6.45) is 0. The zero-order valence-electron chi connectivity index (χ0n) is 16.1. The van der Waals surface area contributed by atoms with E-state index < -0.39 is 0 Å². The van der Waals surface area contributed by atoms with Gasteiger partial charge in [-0.3, -0.25) is 9.59 Å². The standard InChI is InChI=1S/C21H24N4O2S/c1-15-5-3-4-6-19(15)20(27)25-13-11-24(12-14-25)18-9-7-17(8-10-18)23-21(28)22-16(2)26/h3-10H,11-14H2,1-2H3,(H2,22,23,26,28). The Kier molecular flexibility index (Phi) is 6.26. The molecular formula is C21H24N4O2S. The van der Waals surface area contributed by atoms with Crippen LogP contribution in [0.2, 0.25) is 0 Å². The Morgan fingerprint density at radius 3 is 2.21 bits per heavy atom. The third kappa shape index (κ3) is 4.86. The molecule has 1 heterocycles. The summed E-state index contributed by atoms with van der Waals surface area (Å²) in [5.41, 5.74) is 3.70. The van der Waals surface area contributed by atoms with E-state index in [-0.39, 0.29) is 16.9 Å². The van der Waals surface area contributed by atoms with E-state index in [1.807, 2.05) is 60.4 Å². The molecule has 2 N–H and O–H groups in total. The molecule has 3 rings (SSSR count). The second-order valence-corrected chi connectivity index (χ2v) is 7.18. The third-order valence-electron chi connectivity index (χ3n) is 4.72. The number of amides is 2. The first-order chi connectivity index (χ1) is 13.4. The number of carbonyl (C=O) groups is 2. The van der Waals surface area contributed by atoms with Gasteiger partial charge in [0.1, 0.15) is 0 Å². The molecule has 7 heteroatoms. The smallest absolute Gasteiger partial charge is 0.254 e. The number of rotatable bonds is 3. The Morgan fingerprint density at radius 2 is 1.61 bits per heavy atom. The van der Waals surface area contributed by atoms with E-state index in [1.165, 1.54) is 6.92 Å². The van der Waals surface area contributed by atoms with Crippen molar-refractivity contribution < 1.29 is 9.59 Å². The fraction of sp³-hybridized carbons (Fsp3) is 0.286. The molecule has 0 aromatic heterocycles. The minimum Gasteiger partial charge on any atom is -0.368 e. The Bertz CT molecular complexity index is 874. The van der Waals surface area contributed by atoms with Gasteiger partial charge in [0.15, 0.2) is 5.11 Å². The molecule has 146 valence electrons. The zero-order chi connectivity index (χ0) is 20.1. The third-order valence-corrected chi connectivity index (χ3v) is 4.93. The Balaban J connectivity index is 1.56. The molecule has 0 saturated carbocycles. The van der Waals surface area contributed by atoms with E-state index in [4.69, 9.17) is 12.2 Å². The van der Waals surface area contributed by atoms with Crippen molar-refractivity contribution in [2.75, 3.05) is 36.4 Å². The minimum absolute atomic E-state index is 0.101. The van der Waals surface area contributed by atoms with E-state index in [0.29, 0.717) is 13.1 Å². The van der Waals surface area contributed by atoms with Crippen LogP contribution in [0.4, 0.5) is 11.4 Å². The molecule has 0 unspecified atom stereocenters. The van der Waals surface area contributed by atoms with Crippen LogP contribution < -0.4 is 15.5 Å². The Hall–Kier alpha value is -2.93. The van der Waals surface area contributed by atoms with Gasteiger partial charge in [0.25, 0.3) is 5.91 Å². The molecule has 2 aromatic rings. The number of nitrogens with zero attached hydrogens (tertiary/aromatic N) is 2. The number of anilines is 2. The lowest BCUT2D eigenvalue weighted by atomic mass is 10.1. The topological polar surface area (TPSA) is 64.7 Å². The number of carbonyl (C=O) groups excluding carboxylic acids is 2. The predicted octanol–water partition coefficient (Wildman–Crippen LogP) is 2.79. The largest absolute Gasteiger partial charge is 0.368 e. The fourth-order valence-corrected chi connectivity index (χ4v) is 3.49. The van der Waals surface area contributed by atoms with Gasteiger partial charge in [0.2, 0.25) is 5.91 Å². The lowest BCUT2D eigenvalue weighted by Gasteiger charge is -2.36. The summed E-state index contributed by atoms with van der Waals surface area (Å²) in [4.78, 5) is 27.9. The summed E-state index contributed by atoms with van der Waals surface area (Å²) in [5.74, 6) is -0.101. The highest BCUT2D eigenvalue weighted by atomic mass is 32.1. The molecule has 1 fully saturated rings. The highest BCUT2D eigenvalue weighted by Crippen LogP contribution is 2.20. The normalized spacial score (nSPS) is 13.8. The van der Waals surface area contributed by atoms with Gasteiger partial charge in [-0.2, -0.15) is 0 Å². The van der Waals surface area contributed by atoms with Gasteiger partial charge < -0.3 is 20.4 Å². The highest BCUT2D eigenvalue weighted by Gasteiger charge is 2.23. The molecule has 1 aliphatic heterocycles. The molecule has 28 heavy (non-hydrogen) atoms. The summed E-state index contributed by atoms with van der Waals surface area (Å²) in [6.45, 7) is 6.35. The van der Waals surface area contributed by atoms with Crippen LogP contribution in [0.25, 0.3) is 0 Å². The first-order valence-electron chi connectivity index (χ1n) is 9.22. The van der Waals surface area contributed by atoms with Crippen molar-refractivity contribution in [2.45, 2.75) is 13.8 Å².